The van der Waals surface area contributed by atoms with Gasteiger partial charge in [0.2, 0.25) is 5.91 Å². The first-order valence-electron chi connectivity index (χ1n) is 10.4. The smallest absolute Gasteiger partial charge is 0.233 e. The van der Waals surface area contributed by atoms with Crippen LogP contribution in [0.3, 0.4) is 0 Å². The molecule has 3 aromatic rings. The number of thioether (sulfide) groups is 1. The van der Waals surface area contributed by atoms with Crippen molar-refractivity contribution in [3.63, 3.8) is 0 Å². The van der Waals surface area contributed by atoms with Crippen LogP contribution in [-0.2, 0) is 4.79 Å². The number of amides is 1. The van der Waals surface area contributed by atoms with E-state index in [1.807, 2.05) is 41.3 Å². The van der Waals surface area contributed by atoms with Gasteiger partial charge in [-0.2, -0.15) is 0 Å². The van der Waals surface area contributed by atoms with Crippen molar-refractivity contribution in [2.45, 2.75) is 31.1 Å². The van der Waals surface area contributed by atoms with Crippen molar-refractivity contribution in [3.8, 4) is 11.5 Å². The van der Waals surface area contributed by atoms with Crippen molar-refractivity contribution in [3.05, 3.63) is 53.9 Å². The lowest BCUT2D eigenvalue weighted by Gasteiger charge is -2.27. The van der Waals surface area contributed by atoms with Gasteiger partial charge in [-0.1, -0.05) is 18.2 Å². The van der Waals surface area contributed by atoms with Gasteiger partial charge in [0.05, 0.1) is 28.1 Å². The van der Waals surface area contributed by atoms with Crippen LogP contribution in [0.25, 0.3) is 11.0 Å². The fourth-order valence-electron chi connectivity index (χ4n) is 4.20. The summed E-state index contributed by atoms with van der Waals surface area (Å²) in [5.74, 6) is 3.11. The first-order valence-corrected chi connectivity index (χ1v) is 11.5. The Kier molecular flexibility index (Phi) is 5.29. The van der Waals surface area contributed by atoms with E-state index in [1.165, 1.54) is 0 Å². The summed E-state index contributed by atoms with van der Waals surface area (Å²) in [7, 11) is 0. The van der Waals surface area contributed by atoms with Gasteiger partial charge in [-0.15, -0.1) is 11.8 Å². The maximum absolute atomic E-state index is 13.0. The van der Waals surface area contributed by atoms with E-state index in [-0.39, 0.29) is 17.2 Å². The number of ether oxygens (including phenoxy) is 2. The Morgan fingerprint density at radius 2 is 2.07 bits per heavy atom. The van der Waals surface area contributed by atoms with E-state index in [0.717, 1.165) is 53.3 Å². The number of carbonyl (C=O) groups is 1. The Morgan fingerprint density at radius 1 is 1.23 bits per heavy atom. The van der Waals surface area contributed by atoms with Crippen LogP contribution >= 0.6 is 11.8 Å². The van der Waals surface area contributed by atoms with Crippen LogP contribution in [0.15, 0.2) is 42.5 Å². The molecule has 30 heavy (non-hydrogen) atoms. The second kappa shape index (κ2) is 8.22. The lowest BCUT2D eigenvalue weighted by molar-refractivity contribution is -0.129. The predicted octanol–water partition coefficient (Wildman–Crippen LogP) is 4.49. The van der Waals surface area contributed by atoms with Crippen LogP contribution in [0.4, 0.5) is 0 Å². The lowest BCUT2D eigenvalue weighted by atomic mass is 10.0. The highest BCUT2D eigenvalue weighted by molar-refractivity contribution is 8.00. The quantitative estimate of drug-likeness (QED) is 0.655. The Bertz CT molecular complexity index is 1030. The minimum Gasteiger partial charge on any atom is -0.486 e. The molecule has 2 aromatic carbocycles. The monoisotopic (exact) mass is 423 g/mol. The summed E-state index contributed by atoms with van der Waals surface area (Å²) >= 11 is 1.63. The number of carbonyl (C=O) groups excluding carboxylic acids is 1. The molecule has 156 valence electrons. The van der Waals surface area contributed by atoms with E-state index in [4.69, 9.17) is 9.47 Å². The number of likely N-dealkylation sites (tertiary alicyclic amines) is 1. The average Bonchev–Trinajstić information content (AvgIpc) is 3.44. The second-order valence-electron chi connectivity index (χ2n) is 7.74. The number of para-hydroxylation sites is 2. The number of aromatic nitrogens is 2. The second-order valence-corrected chi connectivity index (χ2v) is 9.07. The van der Waals surface area contributed by atoms with Crippen LogP contribution < -0.4 is 9.47 Å². The summed E-state index contributed by atoms with van der Waals surface area (Å²) in [6, 6.07) is 14.2. The number of H-pyrrole nitrogens is 1. The summed E-state index contributed by atoms with van der Waals surface area (Å²) in [5.41, 5.74) is 3.12. The Morgan fingerprint density at radius 3 is 2.93 bits per heavy atom. The topological polar surface area (TPSA) is 67.5 Å². The van der Waals surface area contributed by atoms with Crippen LogP contribution in [0.2, 0.25) is 0 Å². The van der Waals surface area contributed by atoms with Gasteiger partial charge < -0.3 is 19.4 Å². The van der Waals surface area contributed by atoms with E-state index in [2.05, 4.69) is 23.0 Å². The summed E-state index contributed by atoms with van der Waals surface area (Å²) < 4.78 is 11.4. The molecular weight excluding hydrogens is 398 g/mol. The van der Waals surface area contributed by atoms with Gasteiger partial charge in [-0.05, 0) is 49.6 Å². The normalized spacial score (nSPS) is 19.2. The Labute approximate surface area is 180 Å². The third-order valence-corrected chi connectivity index (χ3v) is 6.91. The zero-order chi connectivity index (χ0) is 20.5. The van der Waals surface area contributed by atoms with Gasteiger partial charge >= 0.3 is 0 Å². The molecule has 0 bridgehead atoms. The van der Waals surface area contributed by atoms with Gasteiger partial charge in [-0.3, -0.25) is 4.79 Å². The Balaban J connectivity index is 1.25. The van der Waals surface area contributed by atoms with Gasteiger partial charge in [0.1, 0.15) is 19.0 Å². The minimum atomic E-state index is 0.107. The van der Waals surface area contributed by atoms with E-state index in [9.17, 15) is 4.79 Å². The largest absolute Gasteiger partial charge is 0.486 e. The summed E-state index contributed by atoms with van der Waals surface area (Å²) in [5, 5.41) is 0.122. The van der Waals surface area contributed by atoms with Crippen LogP contribution in [0.1, 0.15) is 42.4 Å². The molecule has 0 aliphatic carbocycles. The number of fused-ring (bicyclic) bond motifs is 2. The van der Waals surface area contributed by atoms with Crippen molar-refractivity contribution in [1.29, 1.82) is 0 Å². The van der Waals surface area contributed by atoms with Crippen molar-refractivity contribution < 1.29 is 14.3 Å². The van der Waals surface area contributed by atoms with Crippen molar-refractivity contribution >= 4 is 28.7 Å². The molecule has 0 spiro atoms. The number of imidazole rings is 1. The van der Waals surface area contributed by atoms with Crippen molar-refractivity contribution in [2.75, 3.05) is 25.5 Å². The lowest BCUT2D eigenvalue weighted by Crippen LogP contribution is -2.32. The summed E-state index contributed by atoms with van der Waals surface area (Å²) in [6.45, 7) is 4.05. The third-order valence-electron chi connectivity index (χ3n) is 5.77. The summed E-state index contributed by atoms with van der Waals surface area (Å²) in [6.07, 6.45) is 2.00. The molecular formula is C23H25N3O3S. The van der Waals surface area contributed by atoms with E-state index in [0.29, 0.717) is 19.0 Å². The molecule has 1 saturated heterocycles. The molecule has 2 aliphatic heterocycles. The molecule has 2 aliphatic rings. The maximum atomic E-state index is 13.0. The number of hydrogen-bond acceptors (Lipinski definition) is 5. The first kappa shape index (κ1) is 19.3. The van der Waals surface area contributed by atoms with E-state index >= 15 is 0 Å². The maximum Gasteiger partial charge on any atom is 0.233 e. The first-order chi connectivity index (χ1) is 14.7. The Hall–Kier alpha value is -2.67. The van der Waals surface area contributed by atoms with Gasteiger partial charge in [0.15, 0.2) is 11.5 Å². The molecule has 3 heterocycles. The molecule has 2 atom stereocenters. The fourth-order valence-corrected chi connectivity index (χ4v) is 5.03. The van der Waals surface area contributed by atoms with Crippen molar-refractivity contribution in [1.82, 2.24) is 14.9 Å². The zero-order valence-electron chi connectivity index (χ0n) is 17.0. The van der Waals surface area contributed by atoms with E-state index in [1.54, 1.807) is 11.8 Å². The summed E-state index contributed by atoms with van der Waals surface area (Å²) in [4.78, 5) is 23.1. The molecule has 1 aromatic heterocycles. The average molecular weight is 424 g/mol. The number of hydrogen-bond donors (Lipinski definition) is 1. The number of nitrogens with zero attached hydrogens (tertiary/aromatic N) is 2. The molecule has 0 radical (unpaired) electrons. The van der Waals surface area contributed by atoms with E-state index < -0.39 is 0 Å². The fraction of sp³-hybridized carbons (Fsp3) is 0.391. The zero-order valence-corrected chi connectivity index (χ0v) is 17.8. The molecule has 2 unspecified atom stereocenters. The highest BCUT2D eigenvalue weighted by Crippen LogP contribution is 2.38. The number of nitrogens with one attached hydrogen (secondary N) is 1. The van der Waals surface area contributed by atoms with Crippen molar-refractivity contribution in [2.24, 2.45) is 0 Å². The van der Waals surface area contributed by atoms with Gasteiger partial charge in [0, 0.05) is 6.54 Å². The van der Waals surface area contributed by atoms with Crippen LogP contribution in [-0.4, -0.2) is 46.3 Å². The highest BCUT2D eigenvalue weighted by Gasteiger charge is 2.31. The van der Waals surface area contributed by atoms with Crippen LogP contribution in [0, 0.1) is 0 Å². The van der Waals surface area contributed by atoms with Crippen LogP contribution in [0.5, 0.6) is 11.5 Å². The van der Waals surface area contributed by atoms with Gasteiger partial charge in [-0.25, -0.2) is 4.98 Å². The number of rotatable bonds is 5. The molecule has 1 N–H and O–H groups in total. The highest BCUT2D eigenvalue weighted by atomic mass is 32.2. The number of aromatic amines is 1. The predicted molar refractivity (Wildman–Crippen MR) is 118 cm³/mol. The standard InChI is InChI=1S/C23H25N3O3S/c1-15(23-24-17-5-2-3-6-18(17)25-23)30-14-22(27)26-10-4-7-19(26)16-8-9-20-21(13-16)29-12-11-28-20/h2-3,5-6,8-9,13,15,19H,4,7,10-12,14H2,1H3,(H,24,25). The molecule has 1 fully saturated rings. The molecule has 0 saturated carbocycles. The minimum absolute atomic E-state index is 0.107. The number of benzene rings is 2. The molecule has 1 amide bonds. The third kappa shape index (κ3) is 3.74. The SMILES string of the molecule is CC(SCC(=O)N1CCCC1c1ccc2c(c1)OCCO2)c1nc2ccccc2[nH]1. The van der Waals surface area contributed by atoms with Gasteiger partial charge in [0.25, 0.3) is 0 Å². The molecule has 6 nitrogen and oxygen atoms in total. The molecule has 5 rings (SSSR count). The molecule has 7 heteroatoms.